The number of carbonyl (C=O) groups is 1. The minimum atomic E-state index is -0.546. The number of carbonyl (C=O) groups excluding carboxylic acids is 1. The van der Waals surface area contributed by atoms with E-state index in [1.165, 1.54) is 6.33 Å². The van der Waals surface area contributed by atoms with Crippen LogP contribution >= 0.6 is 11.6 Å². The molecule has 0 spiro atoms. The van der Waals surface area contributed by atoms with Crippen molar-refractivity contribution in [1.82, 2.24) is 14.9 Å². The minimum Gasteiger partial charge on any atom is -0.473 e. The minimum absolute atomic E-state index is 0.00115. The van der Waals surface area contributed by atoms with Gasteiger partial charge in [0.15, 0.2) is 0 Å². The highest BCUT2D eigenvalue weighted by Gasteiger charge is 2.44. The van der Waals surface area contributed by atoms with E-state index in [2.05, 4.69) is 21.4 Å². The Morgan fingerprint density at radius 1 is 1.26 bits per heavy atom. The smallest absolute Gasteiger partial charge is 0.410 e. The number of rotatable bonds is 4. The van der Waals surface area contributed by atoms with Crippen molar-refractivity contribution in [3.8, 4) is 11.9 Å². The van der Waals surface area contributed by atoms with Crippen molar-refractivity contribution in [3.63, 3.8) is 0 Å². The second-order valence-electron chi connectivity index (χ2n) is 9.61. The molecule has 2 saturated heterocycles. The van der Waals surface area contributed by atoms with Crippen LogP contribution in [0.2, 0.25) is 5.02 Å². The lowest BCUT2D eigenvalue weighted by molar-refractivity contribution is -0.113. The topological polar surface area (TPSA) is 110 Å². The molecule has 2 bridgehead atoms. The number of benzene rings is 1. The first kappa shape index (κ1) is 24.0. The third kappa shape index (κ3) is 5.34. The van der Waals surface area contributed by atoms with E-state index in [-0.39, 0.29) is 24.0 Å². The van der Waals surface area contributed by atoms with Crippen LogP contribution in [0.15, 0.2) is 24.5 Å². The van der Waals surface area contributed by atoms with Crippen LogP contribution in [0.3, 0.4) is 0 Å². The van der Waals surface area contributed by atoms with E-state index in [4.69, 9.17) is 31.1 Å². The SMILES string of the molecule is Cc1c(Nc2ccc(C#N)cc2Cl)ncnc1OC1C2COCC1CN(C(=O)OC(C)(C)C)C2. The van der Waals surface area contributed by atoms with Gasteiger partial charge in [0.1, 0.15) is 23.9 Å². The number of likely N-dealkylation sites (tertiary alicyclic amines) is 1. The van der Waals surface area contributed by atoms with Crippen molar-refractivity contribution in [2.45, 2.75) is 39.4 Å². The number of anilines is 2. The summed E-state index contributed by atoms with van der Waals surface area (Å²) in [7, 11) is 0. The van der Waals surface area contributed by atoms with Crippen LogP contribution in [0.5, 0.6) is 5.88 Å². The van der Waals surface area contributed by atoms with Crippen molar-refractivity contribution >= 4 is 29.2 Å². The van der Waals surface area contributed by atoms with Crippen LogP contribution in [0.25, 0.3) is 0 Å². The molecule has 1 N–H and O–H groups in total. The van der Waals surface area contributed by atoms with Crippen LogP contribution in [-0.2, 0) is 9.47 Å². The highest BCUT2D eigenvalue weighted by atomic mass is 35.5. The second kappa shape index (κ2) is 9.65. The van der Waals surface area contributed by atoms with Crippen LogP contribution in [0.1, 0.15) is 31.9 Å². The van der Waals surface area contributed by atoms with Crippen molar-refractivity contribution in [3.05, 3.63) is 40.7 Å². The molecule has 0 saturated carbocycles. The molecule has 180 valence electrons. The molecule has 10 heteroatoms. The highest BCUT2D eigenvalue weighted by molar-refractivity contribution is 6.33. The summed E-state index contributed by atoms with van der Waals surface area (Å²) in [5, 5.41) is 12.7. The third-order valence-corrected chi connectivity index (χ3v) is 6.10. The van der Waals surface area contributed by atoms with Gasteiger partial charge in [0.25, 0.3) is 0 Å². The zero-order chi connectivity index (χ0) is 24.5. The Bertz CT molecular complexity index is 1100. The largest absolute Gasteiger partial charge is 0.473 e. The van der Waals surface area contributed by atoms with Gasteiger partial charge in [0.2, 0.25) is 5.88 Å². The molecular formula is C24H28ClN5O4. The number of fused-ring (bicyclic) bond motifs is 2. The van der Waals surface area contributed by atoms with Crippen LogP contribution in [0, 0.1) is 30.1 Å². The summed E-state index contributed by atoms with van der Waals surface area (Å²) in [5.74, 6) is 1.02. The van der Waals surface area contributed by atoms with Gasteiger partial charge >= 0.3 is 6.09 Å². The Labute approximate surface area is 204 Å². The lowest BCUT2D eigenvalue weighted by Crippen LogP contribution is -2.59. The number of ether oxygens (including phenoxy) is 3. The van der Waals surface area contributed by atoms with E-state index in [0.717, 1.165) is 5.56 Å². The molecule has 3 heterocycles. The molecule has 2 aliphatic rings. The molecule has 2 aliphatic heterocycles. The summed E-state index contributed by atoms with van der Waals surface area (Å²) in [6.45, 7) is 9.43. The first-order valence-corrected chi connectivity index (χ1v) is 11.5. The number of aromatic nitrogens is 2. The first-order valence-electron chi connectivity index (χ1n) is 11.1. The van der Waals surface area contributed by atoms with E-state index in [0.29, 0.717) is 54.3 Å². The molecule has 2 atom stereocenters. The number of amides is 1. The Kier molecular flexibility index (Phi) is 6.82. The van der Waals surface area contributed by atoms with E-state index in [1.807, 2.05) is 27.7 Å². The van der Waals surface area contributed by atoms with E-state index >= 15 is 0 Å². The Balaban J connectivity index is 1.49. The summed E-state index contributed by atoms with van der Waals surface area (Å²) in [4.78, 5) is 23.1. The maximum atomic E-state index is 12.6. The fraction of sp³-hybridized carbons (Fsp3) is 0.500. The molecule has 2 fully saturated rings. The number of nitriles is 1. The number of nitrogens with zero attached hydrogens (tertiary/aromatic N) is 4. The van der Waals surface area contributed by atoms with Crippen LogP contribution in [-0.4, -0.2) is 59.0 Å². The van der Waals surface area contributed by atoms with Crippen LogP contribution in [0.4, 0.5) is 16.3 Å². The Hall–Kier alpha value is -3.09. The maximum absolute atomic E-state index is 12.6. The molecule has 34 heavy (non-hydrogen) atoms. The maximum Gasteiger partial charge on any atom is 0.410 e. The van der Waals surface area contributed by atoms with Gasteiger partial charge in [-0.25, -0.2) is 14.8 Å². The Morgan fingerprint density at radius 2 is 1.97 bits per heavy atom. The van der Waals surface area contributed by atoms with Gasteiger partial charge in [-0.15, -0.1) is 0 Å². The fourth-order valence-electron chi connectivity index (χ4n) is 4.19. The van der Waals surface area contributed by atoms with Gasteiger partial charge in [-0.2, -0.15) is 5.26 Å². The van der Waals surface area contributed by atoms with Crippen molar-refractivity contribution in [1.29, 1.82) is 5.26 Å². The zero-order valence-electron chi connectivity index (χ0n) is 19.7. The molecule has 1 aromatic carbocycles. The lowest BCUT2D eigenvalue weighted by atomic mass is 9.84. The average Bonchev–Trinajstić information content (AvgIpc) is 2.76. The number of hydrogen-bond acceptors (Lipinski definition) is 8. The van der Waals surface area contributed by atoms with Gasteiger partial charge in [0, 0.05) is 24.9 Å². The average molecular weight is 486 g/mol. The number of nitrogens with one attached hydrogen (secondary N) is 1. The molecule has 1 aromatic heterocycles. The van der Waals surface area contributed by atoms with Crippen molar-refractivity contribution in [2.24, 2.45) is 11.8 Å². The summed E-state index contributed by atoms with van der Waals surface area (Å²) >= 11 is 6.31. The number of piperidine rings is 1. The van der Waals surface area contributed by atoms with Crippen molar-refractivity contribution in [2.75, 3.05) is 31.6 Å². The van der Waals surface area contributed by atoms with Gasteiger partial charge < -0.3 is 24.4 Å². The number of halogens is 1. The molecule has 0 radical (unpaired) electrons. The second-order valence-corrected chi connectivity index (χ2v) is 10.0. The summed E-state index contributed by atoms with van der Waals surface area (Å²) in [5.41, 5.74) is 1.29. The predicted octanol–water partition coefficient (Wildman–Crippen LogP) is 4.31. The summed E-state index contributed by atoms with van der Waals surface area (Å²) < 4.78 is 17.7. The highest BCUT2D eigenvalue weighted by Crippen LogP contribution is 2.34. The third-order valence-electron chi connectivity index (χ3n) is 5.79. The monoisotopic (exact) mass is 485 g/mol. The normalized spacial score (nSPS) is 22.0. The molecule has 2 unspecified atom stereocenters. The molecule has 0 aliphatic carbocycles. The zero-order valence-corrected chi connectivity index (χ0v) is 20.4. The Morgan fingerprint density at radius 3 is 2.59 bits per heavy atom. The fourth-order valence-corrected chi connectivity index (χ4v) is 4.42. The van der Waals surface area contributed by atoms with Crippen molar-refractivity contribution < 1.29 is 19.0 Å². The van der Waals surface area contributed by atoms with E-state index < -0.39 is 5.60 Å². The standard InChI is InChI=1S/C24H28ClN5O4/c1-14-21(29-19-6-5-15(8-26)7-18(19)25)27-13-28-22(14)33-20-16-9-30(10-17(20)12-32-11-16)23(31)34-24(2,3)4/h5-7,13,16-17,20H,9-12H2,1-4H3,(H,27,28,29). The van der Waals surface area contributed by atoms with E-state index in [9.17, 15) is 4.79 Å². The quantitative estimate of drug-likeness (QED) is 0.682. The molecule has 4 rings (SSSR count). The van der Waals surface area contributed by atoms with Gasteiger partial charge in [-0.3, -0.25) is 0 Å². The molecule has 1 amide bonds. The lowest BCUT2D eigenvalue weighted by Gasteiger charge is -2.46. The van der Waals surface area contributed by atoms with Gasteiger partial charge in [-0.1, -0.05) is 11.6 Å². The van der Waals surface area contributed by atoms with Gasteiger partial charge in [-0.05, 0) is 45.9 Å². The first-order chi connectivity index (χ1) is 16.1. The summed E-state index contributed by atoms with van der Waals surface area (Å²) in [6.07, 6.45) is 0.976. The molecule has 9 nitrogen and oxygen atoms in total. The van der Waals surface area contributed by atoms with Gasteiger partial charge in [0.05, 0.1) is 41.1 Å². The number of hydrogen-bond donors (Lipinski definition) is 1. The van der Waals surface area contributed by atoms with Crippen LogP contribution < -0.4 is 10.1 Å². The molecular weight excluding hydrogens is 458 g/mol. The molecule has 2 aromatic rings. The summed E-state index contributed by atoms with van der Waals surface area (Å²) in [6, 6.07) is 7.07. The predicted molar refractivity (Wildman–Crippen MR) is 126 cm³/mol. The van der Waals surface area contributed by atoms with E-state index in [1.54, 1.807) is 23.1 Å².